The van der Waals surface area contributed by atoms with Gasteiger partial charge in [-0.2, -0.15) is 0 Å². The van der Waals surface area contributed by atoms with E-state index in [2.05, 4.69) is 5.32 Å². The Labute approximate surface area is 127 Å². The highest BCUT2D eigenvalue weighted by Crippen LogP contribution is 2.19. The van der Waals surface area contributed by atoms with Gasteiger partial charge < -0.3 is 10.2 Å². The summed E-state index contributed by atoms with van der Waals surface area (Å²) in [4.78, 5) is 25.6. The second-order valence-corrected chi connectivity index (χ2v) is 6.52. The topological polar surface area (TPSA) is 49.4 Å². The molecule has 0 radical (unpaired) electrons. The van der Waals surface area contributed by atoms with Gasteiger partial charge in [-0.15, -0.1) is 0 Å². The maximum atomic E-state index is 12.2. The SMILES string of the molecule is Cc1ccc(C(C)N(C)C(=O)CNC(=O)C(C)(C)C)cc1. The van der Waals surface area contributed by atoms with Crippen LogP contribution in [0.15, 0.2) is 24.3 Å². The van der Waals surface area contributed by atoms with Crippen LogP contribution in [0.25, 0.3) is 0 Å². The van der Waals surface area contributed by atoms with E-state index in [0.717, 1.165) is 5.56 Å². The fourth-order valence-corrected chi connectivity index (χ4v) is 1.83. The minimum atomic E-state index is -0.485. The van der Waals surface area contributed by atoms with Crippen molar-refractivity contribution in [1.29, 1.82) is 0 Å². The Morgan fingerprint density at radius 3 is 2.19 bits per heavy atom. The van der Waals surface area contributed by atoms with Crippen molar-refractivity contribution in [3.8, 4) is 0 Å². The number of aryl methyl sites for hydroxylation is 1. The van der Waals surface area contributed by atoms with Crippen molar-refractivity contribution in [2.75, 3.05) is 13.6 Å². The largest absolute Gasteiger partial charge is 0.347 e. The molecule has 116 valence electrons. The van der Waals surface area contributed by atoms with Crippen LogP contribution >= 0.6 is 0 Å². The lowest BCUT2D eigenvalue weighted by molar-refractivity contribution is -0.135. The summed E-state index contributed by atoms with van der Waals surface area (Å²) >= 11 is 0. The summed E-state index contributed by atoms with van der Waals surface area (Å²) < 4.78 is 0. The standard InChI is InChI=1S/C17H26N2O2/c1-12-7-9-14(10-8-12)13(2)19(6)15(20)11-18-16(21)17(3,4)5/h7-10,13H,11H2,1-6H3,(H,18,21). The van der Waals surface area contributed by atoms with Crippen LogP contribution in [0.2, 0.25) is 0 Å². The summed E-state index contributed by atoms with van der Waals surface area (Å²) in [5.41, 5.74) is 1.79. The van der Waals surface area contributed by atoms with Crippen LogP contribution in [0.1, 0.15) is 44.9 Å². The second kappa shape index (κ2) is 6.74. The fourth-order valence-electron chi connectivity index (χ4n) is 1.83. The van der Waals surface area contributed by atoms with Crippen molar-refractivity contribution < 1.29 is 9.59 Å². The zero-order chi connectivity index (χ0) is 16.2. The molecule has 1 aromatic rings. The summed E-state index contributed by atoms with van der Waals surface area (Å²) in [5.74, 6) is -0.215. The Morgan fingerprint density at radius 1 is 1.19 bits per heavy atom. The normalized spacial score (nSPS) is 12.7. The van der Waals surface area contributed by atoms with Gasteiger partial charge in [-0.1, -0.05) is 50.6 Å². The van der Waals surface area contributed by atoms with E-state index in [1.165, 1.54) is 5.56 Å². The zero-order valence-electron chi connectivity index (χ0n) is 13.9. The first kappa shape index (κ1) is 17.2. The van der Waals surface area contributed by atoms with Crippen LogP contribution in [-0.4, -0.2) is 30.3 Å². The molecule has 1 atom stereocenters. The van der Waals surface area contributed by atoms with Crippen LogP contribution in [0.5, 0.6) is 0 Å². The molecule has 4 heteroatoms. The highest BCUT2D eigenvalue weighted by Gasteiger charge is 2.23. The van der Waals surface area contributed by atoms with Gasteiger partial charge in [-0.25, -0.2) is 0 Å². The molecule has 0 saturated carbocycles. The average Bonchev–Trinajstić information content (AvgIpc) is 2.42. The lowest BCUT2D eigenvalue weighted by Gasteiger charge is -2.26. The molecule has 0 heterocycles. The van der Waals surface area contributed by atoms with E-state index < -0.39 is 5.41 Å². The molecular formula is C17H26N2O2. The predicted molar refractivity (Wildman–Crippen MR) is 84.8 cm³/mol. The number of carbonyl (C=O) groups excluding carboxylic acids is 2. The van der Waals surface area contributed by atoms with E-state index in [9.17, 15) is 9.59 Å². The monoisotopic (exact) mass is 290 g/mol. The summed E-state index contributed by atoms with van der Waals surface area (Å²) in [6, 6.07) is 8.09. The van der Waals surface area contributed by atoms with Gasteiger partial charge in [0.25, 0.3) is 0 Å². The number of rotatable bonds is 4. The third-order valence-electron chi connectivity index (χ3n) is 3.62. The van der Waals surface area contributed by atoms with Crippen LogP contribution in [0.3, 0.4) is 0 Å². The van der Waals surface area contributed by atoms with E-state index in [1.807, 2.05) is 58.9 Å². The third-order valence-corrected chi connectivity index (χ3v) is 3.62. The van der Waals surface area contributed by atoms with Gasteiger partial charge in [0.2, 0.25) is 11.8 Å². The van der Waals surface area contributed by atoms with Crippen molar-refractivity contribution in [3.63, 3.8) is 0 Å². The zero-order valence-corrected chi connectivity index (χ0v) is 13.9. The first-order valence-electron chi connectivity index (χ1n) is 7.23. The van der Waals surface area contributed by atoms with Crippen molar-refractivity contribution in [1.82, 2.24) is 10.2 Å². The molecule has 0 aliphatic carbocycles. The lowest BCUT2D eigenvalue weighted by atomic mass is 9.96. The Bertz CT molecular complexity index is 501. The molecule has 0 aliphatic heterocycles. The minimum Gasteiger partial charge on any atom is -0.347 e. The molecule has 1 N–H and O–H groups in total. The molecule has 2 amide bonds. The Balaban J connectivity index is 2.62. The van der Waals surface area contributed by atoms with E-state index in [-0.39, 0.29) is 24.4 Å². The average molecular weight is 290 g/mol. The van der Waals surface area contributed by atoms with Crippen LogP contribution in [0.4, 0.5) is 0 Å². The molecular weight excluding hydrogens is 264 g/mol. The van der Waals surface area contributed by atoms with Gasteiger partial charge in [-0.3, -0.25) is 9.59 Å². The Morgan fingerprint density at radius 2 is 1.71 bits per heavy atom. The smallest absolute Gasteiger partial charge is 0.242 e. The van der Waals surface area contributed by atoms with Gasteiger partial charge in [0.1, 0.15) is 0 Å². The Hall–Kier alpha value is -1.84. The quantitative estimate of drug-likeness (QED) is 0.927. The maximum Gasteiger partial charge on any atom is 0.242 e. The summed E-state index contributed by atoms with van der Waals surface area (Å²) in [5, 5.41) is 2.69. The van der Waals surface area contributed by atoms with Gasteiger partial charge in [0.15, 0.2) is 0 Å². The molecule has 4 nitrogen and oxygen atoms in total. The van der Waals surface area contributed by atoms with E-state index in [4.69, 9.17) is 0 Å². The number of carbonyl (C=O) groups is 2. The summed E-state index contributed by atoms with van der Waals surface area (Å²) in [7, 11) is 1.76. The minimum absolute atomic E-state index is 0.0235. The van der Waals surface area contributed by atoms with E-state index in [0.29, 0.717) is 0 Å². The van der Waals surface area contributed by atoms with Crippen LogP contribution in [0, 0.1) is 12.3 Å². The molecule has 0 fully saturated rings. The third kappa shape index (κ3) is 4.88. The summed E-state index contributed by atoms with van der Waals surface area (Å²) in [6.45, 7) is 9.52. The second-order valence-electron chi connectivity index (χ2n) is 6.52. The maximum absolute atomic E-state index is 12.2. The number of hydrogen-bond donors (Lipinski definition) is 1. The van der Waals surface area contributed by atoms with Gasteiger partial charge >= 0.3 is 0 Å². The van der Waals surface area contributed by atoms with Gasteiger partial charge in [0.05, 0.1) is 12.6 Å². The fraction of sp³-hybridized carbons (Fsp3) is 0.529. The van der Waals surface area contributed by atoms with Crippen molar-refractivity contribution in [2.24, 2.45) is 5.41 Å². The molecule has 1 rings (SSSR count). The first-order valence-corrected chi connectivity index (χ1v) is 7.23. The number of likely N-dealkylation sites (N-methyl/N-ethyl adjacent to an activating group) is 1. The highest BCUT2D eigenvalue weighted by molar-refractivity contribution is 5.87. The molecule has 0 saturated heterocycles. The summed E-state index contributed by atoms with van der Waals surface area (Å²) in [6.07, 6.45) is 0. The van der Waals surface area contributed by atoms with Crippen molar-refractivity contribution >= 4 is 11.8 Å². The Kier molecular flexibility index (Phi) is 5.53. The number of nitrogens with zero attached hydrogens (tertiary/aromatic N) is 1. The van der Waals surface area contributed by atoms with Crippen LogP contribution in [-0.2, 0) is 9.59 Å². The molecule has 0 spiro atoms. The highest BCUT2D eigenvalue weighted by atomic mass is 16.2. The van der Waals surface area contributed by atoms with Gasteiger partial charge in [0, 0.05) is 12.5 Å². The molecule has 1 unspecified atom stereocenters. The number of nitrogens with one attached hydrogen (secondary N) is 1. The molecule has 0 aromatic heterocycles. The van der Waals surface area contributed by atoms with Gasteiger partial charge in [-0.05, 0) is 19.4 Å². The molecule has 1 aromatic carbocycles. The molecule has 0 bridgehead atoms. The van der Waals surface area contributed by atoms with E-state index in [1.54, 1.807) is 11.9 Å². The van der Waals surface area contributed by atoms with Crippen LogP contribution < -0.4 is 5.32 Å². The van der Waals surface area contributed by atoms with Crippen molar-refractivity contribution in [3.05, 3.63) is 35.4 Å². The molecule has 0 aliphatic rings. The molecule has 21 heavy (non-hydrogen) atoms. The lowest BCUT2D eigenvalue weighted by Crippen LogP contribution is -2.42. The predicted octanol–water partition coefficient (Wildman–Crippen LogP) is 2.68. The first-order chi connectivity index (χ1) is 9.62. The number of amides is 2. The number of hydrogen-bond acceptors (Lipinski definition) is 2. The van der Waals surface area contributed by atoms with E-state index >= 15 is 0 Å². The number of benzene rings is 1. The van der Waals surface area contributed by atoms with Crippen molar-refractivity contribution in [2.45, 2.75) is 40.7 Å².